The molecule has 2 aromatic heterocycles. The molecule has 29 heavy (non-hydrogen) atoms. The highest BCUT2D eigenvalue weighted by molar-refractivity contribution is 8.01. The Morgan fingerprint density at radius 2 is 1.93 bits per heavy atom. The number of Topliss-reactive ketones (excluding diaryl/α,β-unsaturated/α-hetero) is 1. The second-order valence-corrected chi connectivity index (χ2v) is 9.82. The van der Waals surface area contributed by atoms with Gasteiger partial charge in [0.25, 0.3) is 0 Å². The number of aromatic nitrogens is 2. The van der Waals surface area contributed by atoms with Crippen molar-refractivity contribution in [2.75, 3.05) is 17.6 Å². The van der Waals surface area contributed by atoms with E-state index in [1.54, 1.807) is 0 Å². The van der Waals surface area contributed by atoms with Gasteiger partial charge in [0, 0.05) is 24.0 Å². The first kappa shape index (κ1) is 21.5. The SMILES string of the molecule is CC(=O)NCCc1ccc(C(=O)CSc2nnc(Nc3cccc(C)c3C)s2)s1. The molecule has 9 heteroatoms. The molecule has 2 heterocycles. The van der Waals surface area contributed by atoms with Crippen molar-refractivity contribution >= 4 is 56.9 Å². The van der Waals surface area contributed by atoms with Gasteiger partial charge in [-0.1, -0.05) is 35.2 Å². The Bertz CT molecular complexity index is 1010. The summed E-state index contributed by atoms with van der Waals surface area (Å²) in [6.45, 7) is 6.22. The Morgan fingerprint density at radius 1 is 1.10 bits per heavy atom. The molecule has 0 unspecified atom stereocenters. The van der Waals surface area contributed by atoms with Gasteiger partial charge in [-0.2, -0.15) is 0 Å². The molecule has 0 spiro atoms. The normalized spacial score (nSPS) is 10.7. The first-order valence-corrected chi connectivity index (χ1v) is 11.7. The fourth-order valence-corrected chi connectivity index (χ4v) is 5.23. The largest absolute Gasteiger partial charge is 0.356 e. The van der Waals surface area contributed by atoms with Crippen molar-refractivity contribution in [3.05, 3.63) is 51.2 Å². The van der Waals surface area contributed by atoms with Gasteiger partial charge in [0.05, 0.1) is 10.6 Å². The Kier molecular flexibility index (Phi) is 7.40. The molecule has 3 aromatic rings. The van der Waals surface area contributed by atoms with E-state index in [9.17, 15) is 9.59 Å². The van der Waals surface area contributed by atoms with E-state index in [-0.39, 0.29) is 11.7 Å². The lowest BCUT2D eigenvalue weighted by Crippen LogP contribution is -2.22. The van der Waals surface area contributed by atoms with Crippen LogP contribution >= 0.6 is 34.4 Å². The molecule has 3 rings (SSSR count). The van der Waals surface area contributed by atoms with Crippen LogP contribution in [0.1, 0.15) is 32.6 Å². The van der Waals surface area contributed by atoms with Gasteiger partial charge in [-0.15, -0.1) is 21.5 Å². The second-order valence-electron chi connectivity index (χ2n) is 6.46. The predicted molar refractivity (Wildman–Crippen MR) is 121 cm³/mol. The molecular weight excluding hydrogens is 424 g/mol. The van der Waals surface area contributed by atoms with Crippen molar-refractivity contribution in [3.8, 4) is 0 Å². The maximum absolute atomic E-state index is 12.5. The fourth-order valence-electron chi connectivity index (χ4n) is 2.54. The van der Waals surface area contributed by atoms with Crippen molar-refractivity contribution in [2.45, 2.75) is 31.5 Å². The van der Waals surface area contributed by atoms with Crippen LogP contribution in [-0.4, -0.2) is 34.2 Å². The second kappa shape index (κ2) is 10.00. The number of aryl methyl sites for hydroxylation is 1. The summed E-state index contributed by atoms with van der Waals surface area (Å²) >= 11 is 4.32. The molecular formula is C20H22N4O2S3. The molecule has 0 saturated heterocycles. The van der Waals surface area contributed by atoms with Gasteiger partial charge in [0.1, 0.15) is 0 Å². The first-order chi connectivity index (χ1) is 13.9. The summed E-state index contributed by atoms with van der Waals surface area (Å²) in [5.41, 5.74) is 3.41. The molecule has 0 radical (unpaired) electrons. The lowest BCUT2D eigenvalue weighted by molar-refractivity contribution is -0.118. The lowest BCUT2D eigenvalue weighted by atomic mass is 10.1. The van der Waals surface area contributed by atoms with Crippen molar-refractivity contribution in [2.24, 2.45) is 0 Å². The maximum atomic E-state index is 12.5. The highest BCUT2D eigenvalue weighted by Crippen LogP contribution is 2.30. The third-order valence-electron chi connectivity index (χ3n) is 4.26. The zero-order valence-corrected chi connectivity index (χ0v) is 18.9. The van der Waals surface area contributed by atoms with Gasteiger partial charge < -0.3 is 10.6 Å². The quantitative estimate of drug-likeness (QED) is 0.369. The summed E-state index contributed by atoms with van der Waals surface area (Å²) in [7, 11) is 0. The number of benzene rings is 1. The smallest absolute Gasteiger partial charge is 0.216 e. The van der Waals surface area contributed by atoms with Crippen LogP contribution < -0.4 is 10.6 Å². The van der Waals surface area contributed by atoms with Crippen LogP contribution in [0.15, 0.2) is 34.7 Å². The van der Waals surface area contributed by atoms with E-state index in [0.29, 0.717) is 17.4 Å². The number of thiophene rings is 1. The lowest BCUT2D eigenvalue weighted by Gasteiger charge is -2.08. The third kappa shape index (κ3) is 6.12. The van der Waals surface area contributed by atoms with Crippen LogP contribution in [0.25, 0.3) is 0 Å². The van der Waals surface area contributed by atoms with E-state index in [1.807, 2.05) is 24.3 Å². The number of thioether (sulfide) groups is 1. The van der Waals surface area contributed by atoms with Crippen molar-refractivity contribution in [1.29, 1.82) is 0 Å². The van der Waals surface area contributed by atoms with Gasteiger partial charge in [-0.25, -0.2) is 0 Å². The van der Waals surface area contributed by atoms with Crippen molar-refractivity contribution < 1.29 is 9.59 Å². The van der Waals surface area contributed by atoms with Gasteiger partial charge >= 0.3 is 0 Å². The van der Waals surface area contributed by atoms with Crippen LogP contribution in [0.4, 0.5) is 10.8 Å². The molecule has 0 aliphatic heterocycles. The zero-order valence-electron chi connectivity index (χ0n) is 16.4. The van der Waals surface area contributed by atoms with Gasteiger partial charge in [-0.3, -0.25) is 9.59 Å². The molecule has 0 saturated carbocycles. The molecule has 152 valence electrons. The number of nitrogens with one attached hydrogen (secondary N) is 2. The molecule has 0 aliphatic carbocycles. The minimum Gasteiger partial charge on any atom is -0.356 e. The van der Waals surface area contributed by atoms with Crippen LogP contribution in [0.3, 0.4) is 0 Å². The average molecular weight is 447 g/mol. The summed E-state index contributed by atoms with van der Waals surface area (Å²) in [5.74, 6) is 0.353. The Balaban J connectivity index is 1.51. The monoisotopic (exact) mass is 446 g/mol. The average Bonchev–Trinajstić information content (AvgIpc) is 3.33. The summed E-state index contributed by atoms with van der Waals surface area (Å²) in [5, 5.41) is 15.1. The van der Waals surface area contributed by atoms with Crippen LogP contribution in [0.5, 0.6) is 0 Å². The van der Waals surface area contributed by atoms with Gasteiger partial charge in [-0.05, 0) is 49.6 Å². The van der Waals surface area contributed by atoms with Crippen LogP contribution in [0.2, 0.25) is 0 Å². The highest BCUT2D eigenvalue weighted by atomic mass is 32.2. The standard InChI is InChI=1S/C20H22N4O2S3/c1-12-5-4-6-16(13(12)2)22-19-23-24-20(29-19)27-11-17(26)18-8-7-15(28-18)9-10-21-14(3)25/h4-8H,9-11H2,1-3H3,(H,21,25)(H,22,23). The Labute approximate surface area is 182 Å². The van der Waals surface area contributed by atoms with E-state index in [2.05, 4.69) is 40.7 Å². The molecule has 0 aliphatic rings. The van der Waals surface area contributed by atoms with Crippen molar-refractivity contribution in [1.82, 2.24) is 15.5 Å². The number of hydrogen-bond donors (Lipinski definition) is 2. The summed E-state index contributed by atoms with van der Waals surface area (Å²) in [6.07, 6.45) is 0.731. The van der Waals surface area contributed by atoms with E-state index in [4.69, 9.17) is 0 Å². The molecule has 1 aromatic carbocycles. The number of amides is 1. The number of anilines is 2. The number of hydrogen-bond acceptors (Lipinski definition) is 8. The first-order valence-electron chi connectivity index (χ1n) is 9.08. The number of ketones is 1. The van der Waals surface area contributed by atoms with Gasteiger partial charge in [0.15, 0.2) is 10.1 Å². The Hall–Kier alpha value is -2.23. The minimum atomic E-state index is -0.0438. The zero-order chi connectivity index (χ0) is 20.8. The summed E-state index contributed by atoms with van der Waals surface area (Å²) in [4.78, 5) is 25.2. The summed E-state index contributed by atoms with van der Waals surface area (Å²) in [6, 6.07) is 9.89. The highest BCUT2D eigenvalue weighted by Gasteiger charge is 2.13. The van der Waals surface area contributed by atoms with Gasteiger partial charge in [0.2, 0.25) is 11.0 Å². The fraction of sp³-hybridized carbons (Fsp3) is 0.300. The van der Waals surface area contributed by atoms with Crippen molar-refractivity contribution in [3.63, 3.8) is 0 Å². The molecule has 0 bridgehead atoms. The molecule has 2 N–H and O–H groups in total. The molecule has 6 nitrogen and oxygen atoms in total. The molecule has 0 fully saturated rings. The Morgan fingerprint density at radius 3 is 2.72 bits per heavy atom. The number of carbonyl (C=O) groups is 2. The predicted octanol–water partition coefficient (Wildman–Crippen LogP) is 4.61. The molecule has 1 amide bonds. The van der Waals surface area contributed by atoms with Crippen LogP contribution in [-0.2, 0) is 11.2 Å². The minimum absolute atomic E-state index is 0.0438. The number of carbonyl (C=O) groups excluding carboxylic acids is 2. The topological polar surface area (TPSA) is 84.0 Å². The molecule has 0 atom stereocenters. The van der Waals surface area contributed by atoms with Crippen LogP contribution in [0, 0.1) is 13.8 Å². The third-order valence-corrected chi connectivity index (χ3v) is 7.42. The van der Waals surface area contributed by atoms with E-state index < -0.39 is 0 Å². The van der Waals surface area contributed by atoms with E-state index in [1.165, 1.54) is 52.5 Å². The van der Waals surface area contributed by atoms with E-state index >= 15 is 0 Å². The number of rotatable bonds is 9. The van der Waals surface area contributed by atoms with E-state index in [0.717, 1.165) is 26.2 Å². The summed E-state index contributed by atoms with van der Waals surface area (Å²) < 4.78 is 0.758. The number of nitrogens with zero attached hydrogens (tertiary/aromatic N) is 2. The maximum Gasteiger partial charge on any atom is 0.216 e.